The third kappa shape index (κ3) is 3.95. The molecule has 2 aliphatic rings. The Bertz CT molecular complexity index is 601. The van der Waals surface area contributed by atoms with Gasteiger partial charge in [0.1, 0.15) is 23.9 Å². The molecular weight excluding hydrogens is 326 g/mol. The average Bonchev–Trinajstić information content (AvgIpc) is 2.57. The first-order valence-electron chi connectivity index (χ1n) is 8.44. The molecule has 25 heavy (non-hydrogen) atoms. The minimum Gasteiger partial charge on any atom is -0.444 e. The largest absolute Gasteiger partial charge is 0.444 e. The Balaban J connectivity index is 1.77. The summed E-state index contributed by atoms with van der Waals surface area (Å²) >= 11 is 0. The summed E-state index contributed by atoms with van der Waals surface area (Å²) in [6.45, 7) is 5.48. The van der Waals surface area contributed by atoms with Gasteiger partial charge in [-0.2, -0.15) is 0 Å². The van der Waals surface area contributed by atoms with E-state index in [1.807, 2.05) is 30.3 Å². The number of likely N-dealkylation sites (tertiary alicyclic amines) is 1. The van der Waals surface area contributed by atoms with Crippen molar-refractivity contribution in [2.24, 2.45) is 0 Å². The van der Waals surface area contributed by atoms with Gasteiger partial charge < -0.3 is 24.4 Å². The van der Waals surface area contributed by atoms with E-state index in [2.05, 4.69) is 0 Å². The lowest BCUT2D eigenvalue weighted by atomic mass is 9.93. The first-order valence-corrected chi connectivity index (χ1v) is 8.44. The van der Waals surface area contributed by atoms with Gasteiger partial charge in [-0.05, 0) is 20.8 Å². The molecule has 2 saturated heterocycles. The van der Waals surface area contributed by atoms with Crippen molar-refractivity contribution in [3.8, 4) is 0 Å². The van der Waals surface area contributed by atoms with Crippen molar-refractivity contribution in [3.05, 3.63) is 35.9 Å². The van der Waals surface area contributed by atoms with Gasteiger partial charge in [0, 0.05) is 5.56 Å². The van der Waals surface area contributed by atoms with Gasteiger partial charge in [0.05, 0.1) is 19.2 Å². The highest BCUT2D eigenvalue weighted by atomic mass is 16.7. The molecule has 0 spiro atoms. The molecule has 0 saturated carbocycles. The highest BCUT2D eigenvalue weighted by molar-refractivity contribution is 5.69. The Morgan fingerprint density at radius 2 is 1.92 bits per heavy atom. The van der Waals surface area contributed by atoms with E-state index in [0.29, 0.717) is 0 Å². The fourth-order valence-electron chi connectivity index (χ4n) is 3.11. The maximum atomic E-state index is 12.5. The maximum absolute atomic E-state index is 12.5. The van der Waals surface area contributed by atoms with Crippen LogP contribution in [0.25, 0.3) is 0 Å². The Hall–Kier alpha value is -1.67. The number of β-amino-alcohol motifs (C(OH)–C–C–N with tert-alkyl or cyclic N) is 1. The summed E-state index contributed by atoms with van der Waals surface area (Å²) < 4.78 is 17.1. The zero-order valence-corrected chi connectivity index (χ0v) is 14.7. The standard InChI is InChI=1S/C18H25NO6/c1-18(2,3)25-17(22)19-9-13(20)14(21)15-12(19)10-23-16(24-15)11-7-5-4-6-8-11/h4-8,12-16,20-21H,9-10H2,1-3H3. The van der Waals surface area contributed by atoms with Crippen molar-refractivity contribution in [2.45, 2.75) is 57.0 Å². The van der Waals surface area contributed by atoms with E-state index in [1.165, 1.54) is 4.90 Å². The number of benzene rings is 1. The van der Waals surface area contributed by atoms with E-state index in [4.69, 9.17) is 14.2 Å². The van der Waals surface area contributed by atoms with Gasteiger partial charge in [-0.1, -0.05) is 30.3 Å². The summed E-state index contributed by atoms with van der Waals surface area (Å²) in [6.07, 6.45) is -4.17. The number of nitrogens with zero attached hydrogens (tertiary/aromatic N) is 1. The molecule has 138 valence electrons. The topological polar surface area (TPSA) is 88.5 Å². The van der Waals surface area contributed by atoms with E-state index >= 15 is 0 Å². The van der Waals surface area contributed by atoms with Crippen LogP contribution in [0.1, 0.15) is 32.6 Å². The number of aliphatic hydroxyl groups excluding tert-OH is 2. The second-order valence-corrected chi connectivity index (χ2v) is 7.43. The third-order valence-electron chi connectivity index (χ3n) is 4.29. The van der Waals surface area contributed by atoms with Gasteiger partial charge in [-0.15, -0.1) is 0 Å². The van der Waals surface area contributed by atoms with Crippen LogP contribution in [0.15, 0.2) is 30.3 Å². The number of aliphatic hydroxyl groups is 2. The number of carbonyl (C=O) groups is 1. The fraction of sp³-hybridized carbons (Fsp3) is 0.611. The van der Waals surface area contributed by atoms with Gasteiger partial charge in [-0.25, -0.2) is 4.79 Å². The third-order valence-corrected chi connectivity index (χ3v) is 4.29. The molecule has 0 bridgehead atoms. The van der Waals surface area contributed by atoms with E-state index in [-0.39, 0.29) is 13.2 Å². The van der Waals surface area contributed by atoms with Crippen LogP contribution in [0.3, 0.4) is 0 Å². The summed E-state index contributed by atoms with van der Waals surface area (Å²) in [7, 11) is 0. The zero-order chi connectivity index (χ0) is 18.2. The molecule has 7 nitrogen and oxygen atoms in total. The smallest absolute Gasteiger partial charge is 0.410 e. The van der Waals surface area contributed by atoms with Crippen LogP contribution >= 0.6 is 0 Å². The predicted octanol–water partition coefficient (Wildman–Crippen LogP) is 1.44. The van der Waals surface area contributed by atoms with Gasteiger partial charge in [0.15, 0.2) is 6.29 Å². The predicted molar refractivity (Wildman–Crippen MR) is 88.7 cm³/mol. The number of fused-ring (bicyclic) bond motifs is 1. The molecule has 7 heteroatoms. The van der Waals surface area contributed by atoms with Crippen molar-refractivity contribution in [2.75, 3.05) is 13.2 Å². The Labute approximate surface area is 147 Å². The normalized spacial score (nSPS) is 32.8. The average molecular weight is 351 g/mol. The second kappa shape index (κ2) is 6.92. The van der Waals surface area contributed by atoms with Crippen LogP contribution in [0.4, 0.5) is 4.79 Å². The van der Waals surface area contributed by atoms with Crippen molar-refractivity contribution >= 4 is 6.09 Å². The minimum atomic E-state index is -1.11. The molecule has 3 rings (SSSR count). The lowest BCUT2D eigenvalue weighted by molar-refractivity contribution is -0.284. The van der Waals surface area contributed by atoms with Gasteiger partial charge in [0.2, 0.25) is 0 Å². The lowest BCUT2D eigenvalue weighted by Crippen LogP contribution is -2.67. The summed E-state index contributed by atoms with van der Waals surface area (Å²) in [6, 6.07) is 8.83. The Kier molecular flexibility index (Phi) is 5.02. The first-order chi connectivity index (χ1) is 11.8. The molecule has 2 N–H and O–H groups in total. The van der Waals surface area contributed by atoms with Crippen molar-refractivity contribution in [3.63, 3.8) is 0 Å². The molecule has 0 aliphatic carbocycles. The van der Waals surface area contributed by atoms with E-state index in [1.54, 1.807) is 20.8 Å². The first kappa shape index (κ1) is 18.1. The Morgan fingerprint density at radius 3 is 2.56 bits per heavy atom. The number of piperidine rings is 1. The molecule has 2 aliphatic heterocycles. The molecule has 2 heterocycles. The van der Waals surface area contributed by atoms with Gasteiger partial charge in [0.25, 0.3) is 0 Å². The molecule has 0 aromatic heterocycles. The van der Waals surface area contributed by atoms with Crippen LogP contribution in [0.5, 0.6) is 0 Å². The number of rotatable bonds is 1. The Morgan fingerprint density at radius 1 is 1.24 bits per heavy atom. The molecule has 0 radical (unpaired) electrons. The summed E-state index contributed by atoms with van der Waals surface area (Å²) in [5, 5.41) is 20.5. The van der Waals surface area contributed by atoms with Crippen LogP contribution < -0.4 is 0 Å². The maximum Gasteiger partial charge on any atom is 0.410 e. The monoisotopic (exact) mass is 351 g/mol. The van der Waals surface area contributed by atoms with Crippen molar-refractivity contribution < 1.29 is 29.2 Å². The van der Waals surface area contributed by atoms with E-state index in [9.17, 15) is 15.0 Å². The van der Waals surface area contributed by atoms with E-state index < -0.39 is 42.3 Å². The van der Waals surface area contributed by atoms with Crippen LogP contribution in [-0.2, 0) is 14.2 Å². The second-order valence-electron chi connectivity index (χ2n) is 7.43. The zero-order valence-electron chi connectivity index (χ0n) is 14.7. The van der Waals surface area contributed by atoms with Gasteiger partial charge in [-0.3, -0.25) is 4.90 Å². The number of ether oxygens (including phenoxy) is 3. The highest BCUT2D eigenvalue weighted by Crippen LogP contribution is 2.34. The van der Waals surface area contributed by atoms with Crippen molar-refractivity contribution in [1.29, 1.82) is 0 Å². The summed E-state index contributed by atoms with van der Waals surface area (Å²) in [4.78, 5) is 13.9. The molecular formula is C18H25NO6. The van der Waals surface area contributed by atoms with Gasteiger partial charge >= 0.3 is 6.09 Å². The van der Waals surface area contributed by atoms with Crippen LogP contribution in [0, 0.1) is 0 Å². The number of amides is 1. The molecule has 1 aromatic carbocycles. The molecule has 1 aromatic rings. The van der Waals surface area contributed by atoms with Crippen molar-refractivity contribution in [1.82, 2.24) is 4.90 Å². The number of hydrogen-bond donors (Lipinski definition) is 2. The highest BCUT2D eigenvalue weighted by Gasteiger charge is 2.49. The quantitative estimate of drug-likeness (QED) is 0.796. The molecule has 5 atom stereocenters. The fourth-order valence-corrected chi connectivity index (χ4v) is 3.11. The lowest BCUT2D eigenvalue weighted by Gasteiger charge is -2.49. The van der Waals surface area contributed by atoms with Crippen LogP contribution in [-0.4, -0.2) is 64.3 Å². The van der Waals surface area contributed by atoms with E-state index in [0.717, 1.165) is 5.56 Å². The number of hydrogen-bond acceptors (Lipinski definition) is 6. The summed E-state index contributed by atoms with van der Waals surface area (Å²) in [5.41, 5.74) is 0.160. The van der Waals surface area contributed by atoms with Crippen LogP contribution in [0.2, 0.25) is 0 Å². The summed E-state index contributed by atoms with van der Waals surface area (Å²) in [5.74, 6) is 0. The molecule has 5 unspecified atom stereocenters. The molecule has 1 amide bonds. The minimum absolute atomic E-state index is 0.0278. The molecule has 2 fully saturated rings. The number of carbonyl (C=O) groups excluding carboxylic acids is 1. The SMILES string of the molecule is CC(C)(C)OC(=O)N1CC(O)C(O)C2OC(c3ccccc3)OCC21.